The van der Waals surface area contributed by atoms with Crippen LogP contribution >= 0.6 is 23.2 Å². The molecule has 1 aliphatic rings. The SMILES string of the molecule is O=C(NCc1nc(COc2ccc(Cl)cc2Cl)no1)C1CC1. The van der Waals surface area contributed by atoms with Crippen LogP contribution in [0.2, 0.25) is 10.0 Å². The van der Waals surface area contributed by atoms with Gasteiger partial charge in [-0.15, -0.1) is 0 Å². The first-order valence-electron chi connectivity index (χ1n) is 6.79. The van der Waals surface area contributed by atoms with E-state index in [2.05, 4.69) is 15.5 Å². The number of carbonyl (C=O) groups is 1. The molecule has 1 saturated carbocycles. The number of aromatic nitrogens is 2. The van der Waals surface area contributed by atoms with Gasteiger partial charge in [-0.3, -0.25) is 4.79 Å². The molecule has 1 amide bonds. The normalized spacial score (nSPS) is 13.9. The first kappa shape index (κ1) is 15.1. The third kappa shape index (κ3) is 3.90. The largest absolute Gasteiger partial charge is 0.484 e. The first-order valence-corrected chi connectivity index (χ1v) is 7.54. The summed E-state index contributed by atoms with van der Waals surface area (Å²) in [5, 5.41) is 7.48. The van der Waals surface area contributed by atoms with Gasteiger partial charge in [0.05, 0.1) is 11.6 Å². The van der Waals surface area contributed by atoms with Crippen LogP contribution in [-0.4, -0.2) is 16.0 Å². The predicted molar refractivity (Wildman–Crippen MR) is 79.7 cm³/mol. The van der Waals surface area contributed by atoms with Gasteiger partial charge in [-0.25, -0.2) is 0 Å². The fourth-order valence-corrected chi connectivity index (χ4v) is 2.27. The fraction of sp³-hybridized carbons (Fsp3) is 0.357. The molecule has 22 heavy (non-hydrogen) atoms. The van der Waals surface area contributed by atoms with E-state index in [0.29, 0.717) is 27.5 Å². The van der Waals surface area contributed by atoms with Crippen molar-refractivity contribution in [3.05, 3.63) is 40.0 Å². The smallest absolute Gasteiger partial charge is 0.246 e. The summed E-state index contributed by atoms with van der Waals surface area (Å²) in [6.07, 6.45) is 1.91. The number of nitrogens with zero attached hydrogens (tertiary/aromatic N) is 2. The summed E-state index contributed by atoms with van der Waals surface area (Å²) >= 11 is 11.8. The van der Waals surface area contributed by atoms with E-state index in [1.54, 1.807) is 18.2 Å². The highest BCUT2D eigenvalue weighted by molar-refractivity contribution is 6.35. The number of amides is 1. The lowest BCUT2D eigenvalue weighted by Gasteiger charge is -2.05. The van der Waals surface area contributed by atoms with Gasteiger partial charge in [0.2, 0.25) is 17.6 Å². The van der Waals surface area contributed by atoms with Crippen LogP contribution < -0.4 is 10.1 Å². The summed E-state index contributed by atoms with van der Waals surface area (Å²) in [5.74, 6) is 1.39. The van der Waals surface area contributed by atoms with Crippen molar-refractivity contribution in [3.8, 4) is 5.75 Å². The van der Waals surface area contributed by atoms with Gasteiger partial charge in [0.1, 0.15) is 5.75 Å². The third-order valence-electron chi connectivity index (χ3n) is 3.12. The lowest BCUT2D eigenvalue weighted by molar-refractivity contribution is -0.122. The van der Waals surface area contributed by atoms with Crippen molar-refractivity contribution in [1.82, 2.24) is 15.5 Å². The second-order valence-electron chi connectivity index (χ2n) is 4.96. The van der Waals surface area contributed by atoms with Gasteiger partial charge in [-0.2, -0.15) is 4.98 Å². The number of halogens is 2. The zero-order valence-electron chi connectivity index (χ0n) is 11.5. The molecule has 8 heteroatoms. The van der Waals surface area contributed by atoms with Crippen molar-refractivity contribution < 1.29 is 14.1 Å². The highest BCUT2D eigenvalue weighted by atomic mass is 35.5. The fourth-order valence-electron chi connectivity index (χ4n) is 1.81. The third-order valence-corrected chi connectivity index (χ3v) is 3.65. The molecule has 0 radical (unpaired) electrons. The molecule has 1 N–H and O–H groups in total. The zero-order chi connectivity index (χ0) is 15.5. The predicted octanol–water partition coefficient (Wildman–Crippen LogP) is 2.98. The number of hydrogen-bond donors (Lipinski definition) is 1. The van der Waals surface area contributed by atoms with Crippen LogP contribution in [0.3, 0.4) is 0 Å². The highest BCUT2D eigenvalue weighted by Crippen LogP contribution is 2.29. The molecule has 0 bridgehead atoms. The van der Waals surface area contributed by atoms with Gasteiger partial charge in [0.25, 0.3) is 0 Å². The quantitative estimate of drug-likeness (QED) is 0.873. The van der Waals surface area contributed by atoms with E-state index >= 15 is 0 Å². The Labute approximate surface area is 136 Å². The molecular weight excluding hydrogens is 329 g/mol. The number of rotatable bonds is 6. The number of carbonyl (C=O) groups excluding carboxylic acids is 1. The molecule has 0 unspecified atom stereocenters. The summed E-state index contributed by atoms with van der Waals surface area (Å²) in [7, 11) is 0. The van der Waals surface area contributed by atoms with Crippen molar-refractivity contribution in [2.24, 2.45) is 5.92 Å². The molecule has 1 aromatic carbocycles. The van der Waals surface area contributed by atoms with E-state index in [1.807, 2.05) is 0 Å². The maximum atomic E-state index is 11.5. The van der Waals surface area contributed by atoms with Crippen LogP contribution in [0.4, 0.5) is 0 Å². The van der Waals surface area contributed by atoms with Crippen LogP contribution in [0.25, 0.3) is 0 Å². The molecule has 6 nitrogen and oxygen atoms in total. The number of hydrogen-bond acceptors (Lipinski definition) is 5. The van der Waals surface area contributed by atoms with Gasteiger partial charge in [0.15, 0.2) is 6.61 Å². The topological polar surface area (TPSA) is 77.2 Å². The maximum absolute atomic E-state index is 11.5. The second kappa shape index (κ2) is 6.54. The Balaban J connectivity index is 1.51. The summed E-state index contributed by atoms with van der Waals surface area (Å²) in [6.45, 7) is 0.339. The van der Waals surface area contributed by atoms with Crippen LogP contribution in [0.5, 0.6) is 5.75 Å². The molecule has 3 rings (SSSR count). The summed E-state index contributed by atoms with van der Waals surface area (Å²) in [6, 6.07) is 4.94. The van der Waals surface area contributed by atoms with Gasteiger partial charge >= 0.3 is 0 Å². The van der Waals surface area contributed by atoms with Crippen LogP contribution in [0.15, 0.2) is 22.7 Å². The van der Waals surface area contributed by atoms with E-state index in [4.69, 9.17) is 32.5 Å². The molecule has 1 heterocycles. The van der Waals surface area contributed by atoms with Crippen molar-refractivity contribution in [2.75, 3.05) is 0 Å². The number of ether oxygens (including phenoxy) is 1. The molecule has 0 spiro atoms. The Morgan fingerprint density at radius 1 is 1.41 bits per heavy atom. The first-order chi connectivity index (χ1) is 10.6. The van der Waals surface area contributed by atoms with Gasteiger partial charge < -0.3 is 14.6 Å². The van der Waals surface area contributed by atoms with Crippen LogP contribution in [0, 0.1) is 5.92 Å². The van der Waals surface area contributed by atoms with Crippen LogP contribution in [0.1, 0.15) is 24.6 Å². The van der Waals surface area contributed by atoms with Gasteiger partial charge in [0, 0.05) is 10.9 Å². The summed E-state index contributed by atoms with van der Waals surface area (Å²) in [4.78, 5) is 15.6. The Hall–Kier alpha value is -1.79. The average molecular weight is 342 g/mol. The molecular formula is C14H13Cl2N3O3. The summed E-state index contributed by atoms with van der Waals surface area (Å²) < 4.78 is 10.5. The molecule has 2 aromatic rings. The lowest BCUT2D eigenvalue weighted by atomic mass is 10.3. The summed E-state index contributed by atoms with van der Waals surface area (Å²) in [5.41, 5.74) is 0. The van der Waals surface area contributed by atoms with Gasteiger partial charge in [-0.05, 0) is 31.0 Å². The van der Waals surface area contributed by atoms with E-state index in [1.165, 1.54) is 0 Å². The molecule has 116 valence electrons. The van der Waals surface area contributed by atoms with Gasteiger partial charge in [-0.1, -0.05) is 28.4 Å². The maximum Gasteiger partial charge on any atom is 0.246 e. The highest BCUT2D eigenvalue weighted by Gasteiger charge is 2.29. The minimum atomic E-state index is 0.0314. The van der Waals surface area contributed by atoms with Crippen molar-refractivity contribution in [3.63, 3.8) is 0 Å². The minimum Gasteiger partial charge on any atom is -0.484 e. The molecule has 0 aliphatic heterocycles. The molecule has 0 saturated heterocycles. The number of nitrogens with one attached hydrogen (secondary N) is 1. The second-order valence-corrected chi connectivity index (χ2v) is 5.80. The Morgan fingerprint density at radius 3 is 2.95 bits per heavy atom. The van der Waals surface area contributed by atoms with Crippen molar-refractivity contribution >= 4 is 29.1 Å². The Bertz CT molecular complexity index is 686. The molecule has 0 atom stereocenters. The van der Waals surface area contributed by atoms with E-state index in [0.717, 1.165) is 12.8 Å². The van der Waals surface area contributed by atoms with Crippen molar-refractivity contribution in [2.45, 2.75) is 26.0 Å². The molecule has 1 aliphatic carbocycles. The zero-order valence-corrected chi connectivity index (χ0v) is 13.0. The monoisotopic (exact) mass is 341 g/mol. The number of benzene rings is 1. The standard InChI is InChI=1S/C14H13Cl2N3O3/c15-9-3-4-11(10(16)5-9)21-7-12-18-13(22-19-12)6-17-14(20)8-1-2-8/h3-5,8H,1-2,6-7H2,(H,17,20). The Kier molecular flexibility index (Phi) is 4.49. The van der Waals surface area contributed by atoms with E-state index in [-0.39, 0.29) is 25.0 Å². The van der Waals surface area contributed by atoms with Crippen LogP contribution in [-0.2, 0) is 17.9 Å². The average Bonchev–Trinajstić information content (AvgIpc) is 3.24. The molecule has 1 fully saturated rings. The Morgan fingerprint density at radius 2 is 2.23 bits per heavy atom. The van der Waals surface area contributed by atoms with E-state index in [9.17, 15) is 4.79 Å². The van der Waals surface area contributed by atoms with Crippen molar-refractivity contribution in [1.29, 1.82) is 0 Å². The minimum absolute atomic E-state index is 0.0314. The molecule has 1 aromatic heterocycles. The van der Waals surface area contributed by atoms with E-state index < -0.39 is 0 Å². The lowest BCUT2D eigenvalue weighted by Crippen LogP contribution is -2.24.